The smallest absolute Gasteiger partial charge is 0.00231 e. The zero-order valence-corrected chi connectivity index (χ0v) is 6.19. The quantitative estimate of drug-likeness (QED) is 0.527. The first-order valence-corrected chi connectivity index (χ1v) is 3.51. The second-order valence-corrected chi connectivity index (χ2v) is 2.45. The Morgan fingerprint density at radius 2 is 2.33 bits per heavy atom. The molecule has 1 radical (unpaired) electrons. The van der Waals surface area contributed by atoms with E-state index in [0.717, 1.165) is 26.1 Å². The Hall–Kier alpha value is -0.0800. The Labute approximate surface area is 57.8 Å². The molecular weight excluding hydrogens is 112 g/mol. The van der Waals surface area contributed by atoms with Crippen LogP contribution in [0.15, 0.2) is 0 Å². The van der Waals surface area contributed by atoms with E-state index in [9.17, 15) is 0 Å². The van der Waals surface area contributed by atoms with Gasteiger partial charge in [0.1, 0.15) is 0 Å². The van der Waals surface area contributed by atoms with Crippen LogP contribution in [0.5, 0.6) is 0 Å². The molecule has 0 spiro atoms. The third-order valence-electron chi connectivity index (χ3n) is 1.05. The zero-order valence-electron chi connectivity index (χ0n) is 6.19. The van der Waals surface area contributed by atoms with Crippen LogP contribution in [-0.4, -0.2) is 19.6 Å². The van der Waals surface area contributed by atoms with Crippen molar-refractivity contribution in [2.24, 2.45) is 11.7 Å². The molecule has 1 unspecified atom stereocenters. The van der Waals surface area contributed by atoms with E-state index in [1.807, 2.05) is 0 Å². The lowest BCUT2D eigenvalue weighted by Gasteiger charge is -2.04. The van der Waals surface area contributed by atoms with Crippen LogP contribution < -0.4 is 11.1 Å². The van der Waals surface area contributed by atoms with Gasteiger partial charge in [0.15, 0.2) is 0 Å². The maximum atomic E-state index is 5.29. The Morgan fingerprint density at radius 1 is 1.67 bits per heavy atom. The standard InChI is InChI=1S/C7H17N2/c1-7(2)6-9-5-3-4-8/h7,9H,1,3-6,8H2,2H3. The van der Waals surface area contributed by atoms with Crippen LogP contribution in [-0.2, 0) is 0 Å². The molecule has 0 saturated carbocycles. The van der Waals surface area contributed by atoms with Gasteiger partial charge in [-0.15, -0.1) is 0 Å². The van der Waals surface area contributed by atoms with E-state index in [4.69, 9.17) is 5.73 Å². The second-order valence-electron chi connectivity index (χ2n) is 2.45. The first kappa shape index (κ1) is 8.92. The van der Waals surface area contributed by atoms with Crippen molar-refractivity contribution in [3.63, 3.8) is 0 Å². The van der Waals surface area contributed by atoms with Crippen LogP contribution in [0, 0.1) is 12.8 Å². The van der Waals surface area contributed by atoms with E-state index in [0.29, 0.717) is 5.92 Å². The van der Waals surface area contributed by atoms with Crippen molar-refractivity contribution in [2.75, 3.05) is 19.6 Å². The van der Waals surface area contributed by atoms with Gasteiger partial charge in [-0.3, -0.25) is 0 Å². The number of hydrogen-bond donors (Lipinski definition) is 2. The molecular formula is C7H17N2. The molecule has 0 saturated heterocycles. The molecule has 0 aliphatic carbocycles. The average molecular weight is 129 g/mol. The van der Waals surface area contributed by atoms with Crippen molar-refractivity contribution in [3.8, 4) is 0 Å². The lowest BCUT2D eigenvalue weighted by Crippen LogP contribution is -2.22. The largest absolute Gasteiger partial charge is 0.330 e. The van der Waals surface area contributed by atoms with Gasteiger partial charge in [-0.1, -0.05) is 6.92 Å². The summed E-state index contributed by atoms with van der Waals surface area (Å²) in [6.07, 6.45) is 1.06. The molecule has 0 aromatic heterocycles. The summed E-state index contributed by atoms with van der Waals surface area (Å²) in [6, 6.07) is 0. The van der Waals surface area contributed by atoms with Crippen LogP contribution >= 0.6 is 0 Å². The highest BCUT2D eigenvalue weighted by Gasteiger charge is 1.90. The predicted molar refractivity (Wildman–Crippen MR) is 41.1 cm³/mol. The summed E-state index contributed by atoms with van der Waals surface area (Å²) >= 11 is 0. The lowest BCUT2D eigenvalue weighted by molar-refractivity contribution is 0.579. The van der Waals surface area contributed by atoms with Gasteiger partial charge in [0.25, 0.3) is 0 Å². The van der Waals surface area contributed by atoms with Crippen LogP contribution in [0.1, 0.15) is 13.3 Å². The molecule has 0 aromatic carbocycles. The summed E-state index contributed by atoms with van der Waals surface area (Å²) in [5.74, 6) is 0.503. The minimum absolute atomic E-state index is 0.503. The molecule has 0 fully saturated rings. The third-order valence-corrected chi connectivity index (χ3v) is 1.05. The topological polar surface area (TPSA) is 38.0 Å². The maximum absolute atomic E-state index is 5.29. The normalized spacial score (nSPS) is 10.7. The predicted octanol–water partition coefficient (Wildman–Crippen LogP) is 0.395. The highest BCUT2D eigenvalue weighted by atomic mass is 14.9. The molecule has 2 heteroatoms. The van der Waals surface area contributed by atoms with Crippen molar-refractivity contribution in [1.29, 1.82) is 0 Å². The van der Waals surface area contributed by atoms with E-state index in [-0.39, 0.29) is 0 Å². The van der Waals surface area contributed by atoms with Gasteiger partial charge in [0.2, 0.25) is 0 Å². The van der Waals surface area contributed by atoms with Gasteiger partial charge in [-0.25, -0.2) is 0 Å². The van der Waals surface area contributed by atoms with E-state index in [1.54, 1.807) is 0 Å². The van der Waals surface area contributed by atoms with Gasteiger partial charge in [-0.2, -0.15) is 0 Å². The molecule has 55 valence electrons. The number of nitrogens with two attached hydrogens (primary N) is 1. The summed E-state index contributed by atoms with van der Waals surface area (Å²) in [4.78, 5) is 0. The molecule has 0 aliphatic heterocycles. The van der Waals surface area contributed by atoms with Crippen molar-refractivity contribution >= 4 is 0 Å². The summed E-state index contributed by atoms with van der Waals surface area (Å²) < 4.78 is 0. The fourth-order valence-corrected chi connectivity index (χ4v) is 0.576. The monoisotopic (exact) mass is 129 g/mol. The molecule has 3 N–H and O–H groups in total. The summed E-state index contributed by atoms with van der Waals surface area (Å²) in [5.41, 5.74) is 5.29. The number of rotatable bonds is 5. The van der Waals surface area contributed by atoms with Gasteiger partial charge >= 0.3 is 0 Å². The number of hydrogen-bond acceptors (Lipinski definition) is 2. The Balaban J connectivity index is 2.75. The lowest BCUT2D eigenvalue weighted by atomic mass is 10.2. The van der Waals surface area contributed by atoms with Gasteiger partial charge < -0.3 is 11.1 Å². The fourth-order valence-electron chi connectivity index (χ4n) is 0.576. The molecule has 2 nitrogen and oxygen atoms in total. The number of nitrogens with one attached hydrogen (secondary N) is 1. The first-order chi connectivity index (χ1) is 4.27. The Bertz CT molecular complexity index is 52.9. The second kappa shape index (κ2) is 6.05. The van der Waals surface area contributed by atoms with Crippen molar-refractivity contribution in [3.05, 3.63) is 6.92 Å². The van der Waals surface area contributed by atoms with E-state index in [1.165, 1.54) is 0 Å². The summed E-state index contributed by atoms with van der Waals surface area (Å²) in [6.45, 7) is 8.74. The van der Waals surface area contributed by atoms with E-state index in [2.05, 4.69) is 19.2 Å². The summed E-state index contributed by atoms with van der Waals surface area (Å²) in [5, 5.41) is 3.24. The minimum Gasteiger partial charge on any atom is -0.330 e. The average Bonchev–Trinajstić information content (AvgIpc) is 1.80. The molecule has 0 aromatic rings. The minimum atomic E-state index is 0.503. The Kier molecular flexibility index (Phi) is 5.99. The fraction of sp³-hybridized carbons (Fsp3) is 0.857. The molecule has 0 heterocycles. The first-order valence-electron chi connectivity index (χ1n) is 3.51. The van der Waals surface area contributed by atoms with Gasteiger partial charge in [-0.05, 0) is 38.9 Å². The highest BCUT2D eigenvalue weighted by Crippen LogP contribution is 1.85. The summed E-state index contributed by atoms with van der Waals surface area (Å²) in [7, 11) is 0. The SMILES string of the molecule is [CH2]C(C)CNCCCN. The maximum Gasteiger partial charge on any atom is -0.00231 e. The van der Waals surface area contributed by atoms with Crippen LogP contribution in [0.25, 0.3) is 0 Å². The molecule has 0 amide bonds. The van der Waals surface area contributed by atoms with Crippen LogP contribution in [0.3, 0.4) is 0 Å². The van der Waals surface area contributed by atoms with Gasteiger partial charge in [0, 0.05) is 0 Å². The van der Waals surface area contributed by atoms with Crippen molar-refractivity contribution < 1.29 is 0 Å². The van der Waals surface area contributed by atoms with Crippen LogP contribution in [0.2, 0.25) is 0 Å². The van der Waals surface area contributed by atoms with Crippen molar-refractivity contribution in [2.45, 2.75) is 13.3 Å². The van der Waals surface area contributed by atoms with E-state index >= 15 is 0 Å². The molecule has 0 rings (SSSR count). The van der Waals surface area contributed by atoms with Gasteiger partial charge in [0.05, 0.1) is 0 Å². The van der Waals surface area contributed by atoms with Crippen LogP contribution in [0.4, 0.5) is 0 Å². The third kappa shape index (κ3) is 7.92. The van der Waals surface area contributed by atoms with E-state index < -0.39 is 0 Å². The van der Waals surface area contributed by atoms with Crippen molar-refractivity contribution in [1.82, 2.24) is 5.32 Å². The molecule has 0 bridgehead atoms. The Morgan fingerprint density at radius 3 is 2.78 bits per heavy atom. The highest BCUT2D eigenvalue weighted by molar-refractivity contribution is 4.57. The molecule has 0 aliphatic rings. The molecule has 1 atom stereocenters. The molecule has 9 heavy (non-hydrogen) atoms. The zero-order chi connectivity index (χ0) is 7.11.